The molecule has 0 bridgehead atoms. The molecule has 2 amide bonds. The maximum Gasteiger partial charge on any atom is 0.234 e. The summed E-state index contributed by atoms with van der Waals surface area (Å²) in [6.45, 7) is 4.94. The summed E-state index contributed by atoms with van der Waals surface area (Å²) in [5.41, 5.74) is 12.7. The predicted octanol–water partition coefficient (Wildman–Crippen LogP) is 2.45. The third kappa shape index (κ3) is 7.97. The number of nitrogens with zero attached hydrogens (tertiary/aromatic N) is 6. The Bertz CT molecular complexity index is 1370. The van der Waals surface area contributed by atoms with Crippen LogP contribution >= 0.6 is 11.8 Å². The summed E-state index contributed by atoms with van der Waals surface area (Å²) in [6, 6.07) is 14.9. The lowest BCUT2D eigenvalue weighted by Gasteiger charge is -2.32. The molecule has 0 unspecified atom stereocenters. The van der Waals surface area contributed by atoms with Gasteiger partial charge < -0.3 is 16.0 Å². The molecular formula is C27H31N9O2S. The molecule has 0 aliphatic carbocycles. The molecule has 1 saturated heterocycles. The van der Waals surface area contributed by atoms with Crippen molar-refractivity contribution in [1.29, 1.82) is 5.26 Å². The molecule has 4 N–H and O–H groups in total. The van der Waals surface area contributed by atoms with Crippen LogP contribution in [0.2, 0.25) is 0 Å². The number of benzene rings is 1. The Hall–Kier alpha value is -4.05. The van der Waals surface area contributed by atoms with Gasteiger partial charge in [-0.15, -0.1) is 0 Å². The summed E-state index contributed by atoms with van der Waals surface area (Å²) in [4.78, 5) is 39.5. The lowest BCUT2D eigenvalue weighted by molar-refractivity contribution is -0.126. The first-order valence-corrected chi connectivity index (χ1v) is 13.6. The number of hydrogen-bond donors (Lipinski definition) is 3. The third-order valence-corrected chi connectivity index (χ3v) is 7.00. The standard InChI is InChI=1S/C27H31N9O2S/c1-18(37)30-21-8-6-19(7-9-21)25-23(16-28)26(29)33-27(32-25)39-17-22-5-3-4-20(31-22)10-11-24(38)34-36-14-12-35(2)13-15-36/h3-9H,10-15,17H2,1-2H3,(H,30,37)(H,34,38)(H2,29,32,33). The second kappa shape index (κ2) is 13.1. The maximum atomic E-state index is 12.4. The molecule has 1 fully saturated rings. The quantitative estimate of drug-likeness (QED) is 0.270. The number of hydrogen-bond acceptors (Lipinski definition) is 10. The van der Waals surface area contributed by atoms with Crippen LogP contribution in [0.3, 0.4) is 0 Å². The van der Waals surface area contributed by atoms with Crippen molar-refractivity contribution in [2.45, 2.75) is 30.7 Å². The number of anilines is 2. The van der Waals surface area contributed by atoms with E-state index in [1.165, 1.54) is 18.7 Å². The zero-order valence-corrected chi connectivity index (χ0v) is 22.8. The second-order valence-electron chi connectivity index (χ2n) is 9.22. The van der Waals surface area contributed by atoms with Gasteiger partial charge in [0, 0.05) is 62.2 Å². The molecule has 0 radical (unpaired) electrons. The minimum absolute atomic E-state index is 0.0137. The third-order valence-electron chi connectivity index (χ3n) is 6.11. The van der Waals surface area contributed by atoms with Crippen molar-refractivity contribution < 1.29 is 9.59 Å². The highest BCUT2D eigenvalue weighted by molar-refractivity contribution is 7.98. The molecule has 4 rings (SSSR count). The molecule has 11 nitrogen and oxygen atoms in total. The van der Waals surface area contributed by atoms with Gasteiger partial charge in [-0.2, -0.15) is 5.26 Å². The van der Waals surface area contributed by atoms with Gasteiger partial charge in [0.15, 0.2) is 5.16 Å². The Labute approximate surface area is 231 Å². The number of piperazine rings is 1. The monoisotopic (exact) mass is 545 g/mol. The number of hydrazine groups is 1. The maximum absolute atomic E-state index is 12.4. The first-order valence-electron chi connectivity index (χ1n) is 12.6. The summed E-state index contributed by atoms with van der Waals surface area (Å²) < 4.78 is 0. The van der Waals surface area contributed by atoms with Gasteiger partial charge in [-0.1, -0.05) is 30.0 Å². The molecule has 0 saturated carbocycles. The minimum Gasteiger partial charge on any atom is -0.382 e. The molecule has 0 spiro atoms. The average molecular weight is 546 g/mol. The number of nitrogens with one attached hydrogen (secondary N) is 2. The molecule has 39 heavy (non-hydrogen) atoms. The Kier molecular flexibility index (Phi) is 9.43. The summed E-state index contributed by atoms with van der Waals surface area (Å²) in [7, 11) is 2.08. The van der Waals surface area contributed by atoms with E-state index < -0.39 is 0 Å². The number of nitrogens with two attached hydrogens (primary N) is 1. The number of carbonyl (C=O) groups excluding carboxylic acids is 2. The van der Waals surface area contributed by atoms with E-state index in [9.17, 15) is 14.9 Å². The fraction of sp³-hybridized carbons (Fsp3) is 0.333. The van der Waals surface area contributed by atoms with Crippen LogP contribution < -0.4 is 16.5 Å². The van der Waals surface area contributed by atoms with Crippen LogP contribution in [0.1, 0.15) is 30.3 Å². The number of aromatic nitrogens is 3. The highest BCUT2D eigenvalue weighted by Crippen LogP contribution is 2.29. The van der Waals surface area contributed by atoms with Crippen LogP contribution in [0.4, 0.5) is 11.5 Å². The van der Waals surface area contributed by atoms with Gasteiger partial charge in [-0.3, -0.25) is 20.0 Å². The lowest BCUT2D eigenvalue weighted by atomic mass is 10.1. The van der Waals surface area contributed by atoms with Crippen LogP contribution in [0.5, 0.6) is 0 Å². The van der Waals surface area contributed by atoms with Crippen LogP contribution in [0.15, 0.2) is 47.6 Å². The second-order valence-corrected chi connectivity index (χ2v) is 10.2. The van der Waals surface area contributed by atoms with Crippen LogP contribution in [-0.2, 0) is 21.8 Å². The molecule has 3 heterocycles. The Morgan fingerprint density at radius 2 is 1.77 bits per heavy atom. The topological polar surface area (TPSA) is 153 Å². The van der Waals surface area contributed by atoms with E-state index in [1.807, 2.05) is 23.2 Å². The number of likely N-dealkylation sites (N-methyl/N-ethyl adjacent to an activating group) is 1. The van der Waals surface area contributed by atoms with E-state index in [2.05, 4.69) is 38.7 Å². The van der Waals surface area contributed by atoms with Gasteiger partial charge in [-0.25, -0.2) is 15.0 Å². The van der Waals surface area contributed by atoms with Crippen molar-refractivity contribution in [3.05, 3.63) is 59.4 Å². The number of rotatable bonds is 9. The number of pyridine rings is 1. The van der Waals surface area contributed by atoms with Gasteiger partial charge in [0.05, 0.1) is 11.4 Å². The molecule has 1 aromatic carbocycles. The van der Waals surface area contributed by atoms with Crippen LogP contribution in [0, 0.1) is 11.3 Å². The van der Waals surface area contributed by atoms with E-state index in [0.717, 1.165) is 37.6 Å². The normalized spacial score (nSPS) is 14.0. The first-order chi connectivity index (χ1) is 18.8. The van der Waals surface area contributed by atoms with Crippen molar-refractivity contribution >= 4 is 35.1 Å². The van der Waals surface area contributed by atoms with Gasteiger partial charge in [0.2, 0.25) is 11.8 Å². The molecule has 0 atom stereocenters. The van der Waals surface area contributed by atoms with Gasteiger partial charge in [0.1, 0.15) is 17.5 Å². The lowest BCUT2D eigenvalue weighted by Crippen LogP contribution is -2.52. The summed E-state index contributed by atoms with van der Waals surface area (Å²) >= 11 is 1.36. The number of amides is 2. The number of nitriles is 1. The van der Waals surface area contributed by atoms with E-state index in [1.54, 1.807) is 24.3 Å². The van der Waals surface area contributed by atoms with Crippen molar-refractivity contribution in [2.75, 3.05) is 44.3 Å². The molecule has 202 valence electrons. The smallest absolute Gasteiger partial charge is 0.234 e. The van der Waals surface area contributed by atoms with Crippen molar-refractivity contribution in [3.63, 3.8) is 0 Å². The molecule has 1 aliphatic heterocycles. The summed E-state index contributed by atoms with van der Waals surface area (Å²) in [6.07, 6.45) is 0.895. The largest absolute Gasteiger partial charge is 0.382 e. The van der Waals surface area contributed by atoms with Gasteiger partial charge in [0.25, 0.3) is 0 Å². The van der Waals surface area contributed by atoms with Crippen molar-refractivity contribution in [2.24, 2.45) is 0 Å². The molecular weight excluding hydrogens is 514 g/mol. The summed E-state index contributed by atoms with van der Waals surface area (Å²) in [5.74, 6) is 0.411. The highest BCUT2D eigenvalue weighted by Gasteiger charge is 2.17. The van der Waals surface area contributed by atoms with E-state index in [0.29, 0.717) is 40.7 Å². The van der Waals surface area contributed by atoms with Crippen molar-refractivity contribution in [1.82, 2.24) is 30.3 Å². The van der Waals surface area contributed by atoms with E-state index in [-0.39, 0.29) is 23.2 Å². The van der Waals surface area contributed by atoms with Crippen LogP contribution in [0.25, 0.3) is 11.3 Å². The Balaban J connectivity index is 1.38. The number of thioether (sulfide) groups is 1. The zero-order chi connectivity index (χ0) is 27.8. The predicted molar refractivity (Wildman–Crippen MR) is 150 cm³/mol. The first kappa shape index (κ1) is 28.0. The van der Waals surface area contributed by atoms with Crippen molar-refractivity contribution in [3.8, 4) is 17.3 Å². The van der Waals surface area contributed by atoms with Crippen LogP contribution in [-0.4, -0.2) is 69.9 Å². The fourth-order valence-corrected chi connectivity index (χ4v) is 4.79. The number of nitrogen functional groups attached to an aromatic ring is 1. The van der Waals surface area contributed by atoms with Gasteiger partial charge >= 0.3 is 0 Å². The molecule has 2 aromatic heterocycles. The summed E-state index contributed by atoms with van der Waals surface area (Å²) in [5, 5.41) is 14.7. The Morgan fingerprint density at radius 3 is 2.46 bits per heavy atom. The van der Waals surface area contributed by atoms with E-state index >= 15 is 0 Å². The van der Waals surface area contributed by atoms with Gasteiger partial charge in [-0.05, 0) is 37.7 Å². The highest BCUT2D eigenvalue weighted by atomic mass is 32.2. The number of aryl methyl sites for hydroxylation is 1. The zero-order valence-electron chi connectivity index (χ0n) is 22.0. The molecule has 12 heteroatoms. The Morgan fingerprint density at radius 1 is 1.05 bits per heavy atom. The minimum atomic E-state index is -0.169. The SMILES string of the molecule is CC(=O)Nc1ccc(-c2nc(SCc3cccc(CCC(=O)NN4CCN(C)CC4)n3)nc(N)c2C#N)cc1. The fourth-order valence-electron chi connectivity index (χ4n) is 4.03. The molecule has 1 aliphatic rings. The average Bonchev–Trinajstić information content (AvgIpc) is 2.92. The number of carbonyl (C=O) groups is 2. The molecule has 3 aromatic rings. The van der Waals surface area contributed by atoms with E-state index in [4.69, 9.17) is 10.7 Å².